The lowest BCUT2D eigenvalue weighted by Gasteiger charge is -2.34. The molecule has 0 atom stereocenters. The normalized spacial score (nSPS) is 18.4. The van der Waals surface area contributed by atoms with E-state index in [2.05, 4.69) is 10.1 Å². The number of hydrogen-bond acceptors (Lipinski definition) is 5. The van der Waals surface area contributed by atoms with E-state index in [1.54, 1.807) is 11.9 Å². The smallest absolute Gasteiger partial charge is 0.277 e. The summed E-state index contributed by atoms with van der Waals surface area (Å²) >= 11 is 0.885. The molecule has 0 aromatic carbocycles. The van der Waals surface area contributed by atoms with Crippen LogP contribution in [0.3, 0.4) is 0 Å². The van der Waals surface area contributed by atoms with Gasteiger partial charge in [-0.2, -0.15) is 4.39 Å². The van der Waals surface area contributed by atoms with E-state index in [1.807, 2.05) is 0 Å². The van der Waals surface area contributed by atoms with E-state index in [0.717, 1.165) is 11.3 Å². The molecule has 1 aliphatic rings. The van der Waals surface area contributed by atoms with Crippen molar-refractivity contribution in [1.82, 2.24) is 14.8 Å². The molecule has 0 unspecified atom stereocenters. The minimum Gasteiger partial charge on any atom is -0.341 e. The Kier molecular flexibility index (Phi) is 3.67. The molecule has 2 heterocycles. The van der Waals surface area contributed by atoms with E-state index in [0.29, 0.717) is 4.88 Å². The molecule has 0 radical (unpaired) electrons. The van der Waals surface area contributed by atoms with Gasteiger partial charge in [0.2, 0.25) is 0 Å². The lowest BCUT2D eigenvalue weighted by atomic mass is 10.5. The number of aromatic nitrogens is 1. The van der Waals surface area contributed by atoms with Gasteiger partial charge >= 0.3 is 0 Å². The Hall–Kier alpha value is -1.81. The van der Waals surface area contributed by atoms with Gasteiger partial charge in [-0.15, -0.1) is 0 Å². The standard InChI is InChI=1S/C8H10FN5O3S/c1-12-4-17-5-13(8(12)11-14(15)16)3-6-2-10-7(9)18-6/h2H,3-5H2,1H3. The van der Waals surface area contributed by atoms with Crippen molar-refractivity contribution < 1.29 is 14.2 Å². The molecule has 1 aromatic rings. The van der Waals surface area contributed by atoms with Crippen LogP contribution >= 0.6 is 11.3 Å². The second-order valence-corrected chi connectivity index (χ2v) is 4.64. The number of halogens is 1. The minimum absolute atomic E-state index is 0.163. The summed E-state index contributed by atoms with van der Waals surface area (Å²) in [4.78, 5) is 17.6. The van der Waals surface area contributed by atoms with Crippen LogP contribution in [0.15, 0.2) is 11.3 Å². The molecule has 0 spiro atoms. The third-order valence-electron chi connectivity index (χ3n) is 2.20. The number of rotatable bonds is 3. The van der Waals surface area contributed by atoms with Crippen LogP contribution in [0, 0.1) is 15.4 Å². The van der Waals surface area contributed by atoms with Crippen LogP contribution < -0.4 is 0 Å². The Balaban J connectivity index is 2.15. The zero-order valence-electron chi connectivity index (χ0n) is 9.45. The van der Waals surface area contributed by atoms with Gasteiger partial charge in [0.25, 0.3) is 11.2 Å². The Morgan fingerprint density at radius 3 is 3.11 bits per heavy atom. The molecule has 98 valence electrons. The first-order valence-corrected chi connectivity index (χ1v) is 5.75. The van der Waals surface area contributed by atoms with Crippen LogP contribution in [0.1, 0.15) is 4.88 Å². The van der Waals surface area contributed by atoms with Crippen molar-refractivity contribution in [1.29, 1.82) is 0 Å². The number of nitrogens with zero attached hydrogens (tertiary/aromatic N) is 5. The molecular formula is C8H10FN5O3S. The maximum Gasteiger partial charge on any atom is 0.277 e. The Labute approximate surface area is 105 Å². The summed E-state index contributed by atoms with van der Waals surface area (Å²) in [5, 5.41) is 12.5. The van der Waals surface area contributed by atoms with E-state index in [-0.39, 0.29) is 26.0 Å². The largest absolute Gasteiger partial charge is 0.341 e. The van der Waals surface area contributed by atoms with Gasteiger partial charge < -0.3 is 14.5 Å². The summed E-state index contributed by atoms with van der Waals surface area (Å²) < 4.78 is 18.0. The van der Waals surface area contributed by atoms with E-state index >= 15 is 0 Å². The fourth-order valence-electron chi connectivity index (χ4n) is 1.52. The molecule has 1 aromatic heterocycles. The summed E-state index contributed by atoms with van der Waals surface area (Å²) in [5.74, 6) is 0.181. The highest BCUT2D eigenvalue weighted by Gasteiger charge is 2.25. The number of ether oxygens (including phenoxy) is 1. The number of thiazole rings is 1. The SMILES string of the molecule is CN1COCN(Cc2cnc(F)s2)C1=N[N+](=O)[O-]. The molecule has 8 nitrogen and oxygen atoms in total. The predicted molar refractivity (Wildman–Crippen MR) is 60.6 cm³/mol. The molecule has 2 rings (SSSR count). The highest BCUT2D eigenvalue weighted by Crippen LogP contribution is 2.16. The predicted octanol–water partition coefficient (Wildman–Crippen LogP) is 0.509. The first-order chi connectivity index (χ1) is 8.56. The molecule has 0 N–H and O–H groups in total. The van der Waals surface area contributed by atoms with Crippen LogP contribution in [-0.2, 0) is 11.3 Å². The van der Waals surface area contributed by atoms with Gasteiger partial charge in [0, 0.05) is 18.1 Å². The number of hydrazone groups is 1. The molecule has 1 aliphatic heterocycles. The Morgan fingerprint density at radius 1 is 1.72 bits per heavy atom. The summed E-state index contributed by atoms with van der Waals surface area (Å²) in [5.41, 5.74) is 0. The van der Waals surface area contributed by atoms with Crippen LogP contribution in [0.25, 0.3) is 0 Å². The summed E-state index contributed by atoms with van der Waals surface area (Å²) in [6.45, 7) is 0.648. The summed E-state index contributed by atoms with van der Waals surface area (Å²) in [6, 6.07) is 0. The lowest BCUT2D eigenvalue weighted by Crippen LogP contribution is -2.49. The average molecular weight is 275 g/mol. The number of guanidine groups is 1. The molecule has 1 fully saturated rings. The highest BCUT2D eigenvalue weighted by atomic mass is 32.1. The second-order valence-electron chi connectivity index (χ2n) is 3.58. The Bertz CT molecular complexity index is 479. The van der Waals surface area contributed by atoms with Gasteiger partial charge in [-0.05, 0) is 0 Å². The monoisotopic (exact) mass is 275 g/mol. The minimum atomic E-state index is -0.766. The van der Waals surface area contributed by atoms with Gasteiger partial charge in [0.1, 0.15) is 18.6 Å². The topological polar surface area (TPSA) is 84.1 Å². The van der Waals surface area contributed by atoms with Crippen LogP contribution in [0.2, 0.25) is 0 Å². The molecule has 0 saturated carbocycles. The van der Waals surface area contributed by atoms with Crippen molar-refractivity contribution in [3.8, 4) is 0 Å². The van der Waals surface area contributed by atoms with E-state index < -0.39 is 10.3 Å². The van der Waals surface area contributed by atoms with Crippen LogP contribution in [0.5, 0.6) is 0 Å². The second kappa shape index (κ2) is 5.23. The van der Waals surface area contributed by atoms with Gasteiger partial charge in [-0.1, -0.05) is 11.3 Å². The Morgan fingerprint density at radius 2 is 2.50 bits per heavy atom. The first-order valence-electron chi connectivity index (χ1n) is 4.93. The van der Waals surface area contributed by atoms with Crippen molar-refractivity contribution in [3.63, 3.8) is 0 Å². The van der Waals surface area contributed by atoms with Gasteiger partial charge in [-0.25, -0.2) is 15.1 Å². The van der Waals surface area contributed by atoms with Crippen LogP contribution in [0.4, 0.5) is 4.39 Å². The average Bonchev–Trinajstić information content (AvgIpc) is 2.69. The molecule has 1 saturated heterocycles. The fourth-order valence-corrected chi connectivity index (χ4v) is 2.17. The lowest BCUT2D eigenvalue weighted by molar-refractivity contribution is -0.486. The zero-order chi connectivity index (χ0) is 13.1. The maximum atomic E-state index is 12.8. The number of hydrogen-bond donors (Lipinski definition) is 0. The van der Waals surface area contributed by atoms with Gasteiger partial charge in [0.05, 0.1) is 6.54 Å². The van der Waals surface area contributed by atoms with Crippen molar-refractivity contribution in [2.24, 2.45) is 5.10 Å². The highest BCUT2D eigenvalue weighted by molar-refractivity contribution is 7.09. The number of nitro groups is 1. The van der Waals surface area contributed by atoms with E-state index in [1.165, 1.54) is 11.1 Å². The van der Waals surface area contributed by atoms with Crippen LogP contribution in [-0.4, -0.2) is 46.3 Å². The quantitative estimate of drug-likeness (QED) is 0.590. The third-order valence-corrected chi connectivity index (χ3v) is 2.97. The molecule has 10 heteroatoms. The van der Waals surface area contributed by atoms with Gasteiger partial charge in [-0.3, -0.25) is 0 Å². The zero-order valence-corrected chi connectivity index (χ0v) is 10.3. The molecule has 0 amide bonds. The third kappa shape index (κ3) is 2.90. The molecular weight excluding hydrogens is 265 g/mol. The molecule has 18 heavy (non-hydrogen) atoms. The van der Waals surface area contributed by atoms with Crippen molar-refractivity contribution >= 4 is 17.3 Å². The molecule has 0 aliphatic carbocycles. The van der Waals surface area contributed by atoms with Crippen molar-refractivity contribution in [2.75, 3.05) is 20.5 Å². The fraction of sp³-hybridized carbons (Fsp3) is 0.500. The van der Waals surface area contributed by atoms with Crippen molar-refractivity contribution in [3.05, 3.63) is 26.4 Å². The first kappa shape index (κ1) is 12.6. The summed E-state index contributed by atoms with van der Waals surface area (Å²) in [6.07, 6.45) is 1.39. The maximum absolute atomic E-state index is 12.8. The molecule has 0 bridgehead atoms. The van der Waals surface area contributed by atoms with E-state index in [9.17, 15) is 14.5 Å². The van der Waals surface area contributed by atoms with Crippen molar-refractivity contribution in [2.45, 2.75) is 6.54 Å². The van der Waals surface area contributed by atoms with E-state index in [4.69, 9.17) is 4.74 Å². The van der Waals surface area contributed by atoms with Gasteiger partial charge in [0.15, 0.2) is 5.03 Å². The summed E-state index contributed by atoms with van der Waals surface area (Å²) in [7, 11) is 1.63.